The maximum absolute atomic E-state index is 14.3. The number of halogens is 1. The average molecular weight is 1100 g/mol. The Morgan fingerprint density at radius 3 is 2.26 bits per heavy atom. The highest BCUT2D eigenvalue weighted by Crippen LogP contribution is 2.38. The lowest BCUT2D eigenvalue weighted by atomic mass is 9.76. The number of carbonyl (C=O) groups excluding carboxylic acids is 4. The van der Waals surface area contributed by atoms with Crippen LogP contribution in [0.4, 0.5) is 0 Å². The van der Waals surface area contributed by atoms with Crippen LogP contribution in [0.3, 0.4) is 0 Å². The summed E-state index contributed by atoms with van der Waals surface area (Å²) in [6.45, 7) is 20.1. The molecule has 7 rings (SSSR count). The average Bonchev–Trinajstić information content (AvgIpc) is 3.99. The smallest absolute Gasteiger partial charge is 0.243 e. The molecule has 4 atom stereocenters. The molecule has 2 aromatic heterocycles. The fraction of sp³-hybridized carbons (Fsp3) is 0.508. The van der Waals surface area contributed by atoms with Gasteiger partial charge in [0.25, 0.3) is 0 Å². The molecular formula is C59H75ClN6O8S2. The number of hydrogen-bond acceptors (Lipinski definition) is 12. The molecule has 2 aliphatic rings. The maximum atomic E-state index is 14.3. The van der Waals surface area contributed by atoms with Crippen molar-refractivity contribution in [3.05, 3.63) is 122 Å². The van der Waals surface area contributed by atoms with Crippen LogP contribution < -0.4 is 10.1 Å². The zero-order valence-electron chi connectivity index (χ0n) is 45.7. The summed E-state index contributed by atoms with van der Waals surface area (Å²) in [7, 11) is -3.53. The van der Waals surface area contributed by atoms with Gasteiger partial charge < -0.3 is 25.0 Å². The minimum atomic E-state index is -3.53. The number of aliphatic hydroxyl groups is 1. The van der Waals surface area contributed by atoms with Gasteiger partial charge in [-0.15, -0.1) is 11.3 Å². The fourth-order valence-corrected chi connectivity index (χ4v) is 12.7. The minimum Gasteiger partial charge on any atom is -0.491 e. The number of aromatic nitrogens is 3. The molecule has 0 spiro atoms. The monoisotopic (exact) mass is 1090 g/mol. The number of ketones is 1. The van der Waals surface area contributed by atoms with Crippen molar-refractivity contribution in [1.82, 2.24) is 30.1 Å². The van der Waals surface area contributed by atoms with Crippen LogP contribution in [0.5, 0.6) is 5.75 Å². The van der Waals surface area contributed by atoms with Gasteiger partial charge in [-0.05, 0) is 119 Å². The van der Waals surface area contributed by atoms with E-state index in [0.29, 0.717) is 48.0 Å². The second-order valence-corrected chi connectivity index (χ2v) is 26.0. The molecule has 408 valence electrons. The molecule has 5 aromatic rings. The van der Waals surface area contributed by atoms with E-state index >= 15 is 0 Å². The number of nitrogens with one attached hydrogen (secondary N) is 1. The van der Waals surface area contributed by atoms with Crippen molar-refractivity contribution < 1.29 is 37.4 Å². The normalized spacial score (nSPS) is 17.3. The van der Waals surface area contributed by atoms with Gasteiger partial charge >= 0.3 is 0 Å². The number of ether oxygens (including phenoxy) is 1. The number of thiazole rings is 1. The SMILES string of the molecule is Cc1cc(Cc2ncc(Cl)c(Cc3ccccc3S(=O)(=O)C(C)C)n2)c(OC(C)C)cc1C1CCN(C(=O)CCCC(=O)C[C@H](C(=O)N2C[C@H](O)C[C@H]2C(=O)N[C@@H](C)c2ccc(-c3scnc3C)cc2)C(C)(C)C)CC1. The molecular weight excluding hydrogens is 1020 g/mol. The van der Waals surface area contributed by atoms with Gasteiger partial charge in [0.2, 0.25) is 17.7 Å². The number of sulfone groups is 1. The van der Waals surface area contributed by atoms with Crippen LogP contribution >= 0.6 is 22.9 Å². The van der Waals surface area contributed by atoms with Gasteiger partial charge in [-0.3, -0.25) is 19.2 Å². The molecule has 0 unspecified atom stereocenters. The first kappa shape index (κ1) is 58.1. The van der Waals surface area contributed by atoms with E-state index in [4.69, 9.17) is 21.3 Å². The first-order valence-corrected chi connectivity index (χ1v) is 29.4. The number of aryl methyl sites for hydroxylation is 2. The summed E-state index contributed by atoms with van der Waals surface area (Å²) in [5.74, 6) is -0.0637. The number of nitrogens with zero attached hydrogens (tertiary/aromatic N) is 5. The molecule has 2 N–H and O–H groups in total. The van der Waals surface area contributed by atoms with Crippen molar-refractivity contribution in [2.75, 3.05) is 19.6 Å². The highest BCUT2D eigenvalue weighted by molar-refractivity contribution is 7.92. The van der Waals surface area contributed by atoms with Gasteiger partial charge in [0.05, 0.1) is 55.2 Å². The predicted molar refractivity (Wildman–Crippen MR) is 298 cm³/mol. The van der Waals surface area contributed by atoms with Crippen molar-refractivity contribution in [3.8, 4) is 16.2 Å². The van der Waals surface area contributed by atoms with Crippen LogP contribution in [0.2, 0.25) is 5.02 Å². The third kappa shape index (κ3) is 14.1. The van der Waals surface area contributed by atoms with E-state index < -0.39 is 38.6 Å². The lowest BCUT2D eigenvalue weighted by molar-refractivity contribution is -0.146. The first-order chi connectivity index (χ1) is 35.9. The molecule has 2 saturated heterocycles. The summed E-state index contributed by atoms with van der Waals surface area (Å²) >= 11 is 8.19. The van der Waals surface area contributed by atoms with E-state index in [1.807, 2.05) is 89.2 Å². The van der Waals surface area contributed by atoms with Gasteiger partial charge in [-0.25, -0.2) is 23.4 Å². The third-order valence-electron chi connectivity index (χ3n) is 14.8. The molecule has 4 heterocycles. The fourth-order valence-electron chi connectivity index (χ4n) is 10.4. The number of rotatable bonds is 20. The number of benzene rings is 3. The highest BCUT2D eigenvalue weighted by atomic mass is 35.5. The molecule has 76 heavy (non-hydrogen) atoms. The standard InChI is InChI=1S/C59H75ClN6O8S2/c1-35(2)74-52-31-47(37(5)26-44(52)28-54-61-32-49(60)50(64-54)27-43-14-11-12-16-53(43)76(72,73)36(3)4)41-22-24-65(25-23-41)55(69)17-13-15-45(67)29-48(59(8,9)10)58(71)66-33-46(68)30-51(66)57(70)63-38(6)40-18-20-42(21-19-40)56-39(7)62-34-75-56/h11-12,14,16,18-21,26,31-32,34-36,38,41,46,48,51,68H,13,15,17,22-25,27-30,33H2,1-10H3,(H,63,70)/t38-,46+,48+,51-/m0/s1. The molecule has 0 saturated carbocycles. The van der Waals surface area contributed by atoms with Gasteiger partial charge in [-0.1, -0.05) is 80.9 Å². The Morgan fingerprint density at radius 1 is 0.921 bits per heavy atom. The Balaban J connectivity index is 0.917. The predicted octanol–water partition coefficient (Wildman–Crippen LogP) is 10.4. The Morgan fingerprint density at radius 2 is 1.62 bits per heavy atom. The Bertz CT molecular complexity index is 3000. The van der Waals surface area contributed by atoms with Gasteiger partial charge in [0.15, 0.2) is 9.84 Å². The van der Waals surface area contributed by atoms with Crippen LogP contribution in [0, 0.1) is 25.2 Å². The summed E-state index contributed by atoms with van der Waals surface area (Å²) in [5.41, 5.74) is 8.45. The maximum Gasteiger partial charge on any atom is 0.243 e. The number of aliphatic hydroxyl groups excluding tert-OH is 1. The number of piperidine rings is 1. The molecule has 3 amide bonds. The van der Waals surface area contributed by atoms with Crippen molar-refractivity contribution in [2.45, 2.75) is 167 Å². The molecule has 2 fully saturated rings. The van der Waals surface area contributed by atoms with Crippen molar-refractivity contribution in [1.29, 1.82) is 0 Å². The van der Waals surface area contributed by atoms with E-state index in [-0.39, 0.29) is 85.1 Å². The number of β-amino-alcohol motifs (C(OH)–C–C–N with tert-alkyl or cyclic N) is 1. The van der Waals surface area contributed by atoms with Crippen LogP contribution in [0.15, 0.2) is 77.3 Å². The summed E-state index contributed by atoms with van der Waals surface area (Å²) < 4.78 is 32.8. The van der Waals surface area contributed by atoms with Crippen molar-refractivity contribution >= 4 is 56.3 Å². The molecule has 14 nitrogen and oxygen atoms in total. The van der Waals surface area contributed by atoms with Crippen molar-refractivity contribution in [3.63, 3.8) is 0 Å². The Labute approximate surface area is 458 Å². The van der Waals surface area contributed by atoms with E-state index in [1.54, 1.807) is 49.6 Å². The number of Topliss-reactive ketones (excluding diaryl/α,β-unsaturated/α-hetero) is 1. The first-order valence-electron chi connectivity index (χ1n) is 26.6. The summed E-state index contributed by atoms with van der Waals surface area (Å²) in [4.78, 5) is 73.7. The van der Waals surface area contributed by atoms with Crippen LogP contribution in [-0.2, 0) is 41.9 Å². The number of hydrogen-bond donors (Lipinski definition) is 2. The molecule has 0 bridgehead atoms. The van der Waals surface area contributed by atoms with Gasteiger partial charge in [0.1, 0.15) is 23.4 Å². The lowest BCUT2D eigenvalue weighted by Crippen LogP contribution is -2.50. The number of carbonyl (C=O) groups is 4. The molecule has 0 aliphatic carbocycles. The highest BCUT2D eigenvalue weighted by Gasteiger charge is 2.45. The van der Waals surface area contributed by atoms with E-state index in [2.05, 4.69) is 34.3 Å². The van der Waals surface area contributed by atoms with Crippen molar-refractivity contribution in [2.24, 2.45) is 11.3 Å². The Hall–Kier alpha value is -5.55. The largest absolute Gasteiger partial charge is 0.491 e. The Kier molecular flexibility index (Phi) is 19.0. The van der Waals surface area contributed by atoms with Gasteiger partial charge in [-0.2, -0.15) is 0 Å². The quantitative estimate of drug-likeness (QED) is 0.0755. The molecule has 3 aromatic carbocycles. The lowest BCUT2D eigenvalue weighted by Gasteiger charge is -2.35. The van der Waals surface area contributed by atoms with Crippen LogP contribution in [0.1, 0.15) is 157 Å². The minimum absolute atomic E-state index is 0.00190. The number of likely N-dealkylation sites (tertiary alicyclic amines) is 2. The van der Waals surface area contributed by atoms with Crippen LogP contribution in [-0.4, -0.2) is 105 Å². The number of amides is 3. The molecule has 17 heteroatoms. The summed E-state index contributed by atoms with van der Waals surface area (Å²) in [5, 5.41) is 13.6. The zero-order chi connectivity index (χ0) is 55.2. The third-order valence-corrected chi connectivity index (χ3v) is 18.4. The molecule has 0 radical (unpaired) electrons. The second-order valence-electron chi connectivity index (χ2n) is 22.3. The topological polar surface area (TPSA) is 189 Å². The van der Waals surface area contributed by atoms with E-state index in [9.17, 15) is 32.7 Å². The summed E-state index contributed by atoms with van der Waals surface area (Å²) in [6, 6.07) is 17.9. The second kappa shape index (κ2) is 24.8. The summed E-state index contributed by atoms with van der Waals surface area (Å²) in [6.07, 6.45) is 3.54. The van der Waals surface area contributed by atoms with Gasteiger partial charge in [0, 0.05) is 75.8 Å². The van der Waals surface area contributed by atoms with E-state index in [0.717, 1.165) is 57.0 Å². The zero-order valence-corrected chi connectivity index (χ0v) is 48.1. The molecule has 2 aliphatic heterocycles. The van der Waals surface area contributed by atoms with E-state index in [1.165, 1.54) is 4.90 Å². The van der Waals surface area contributed by atoms with Crippen LogP contribution in [0.25, 0.3) is 10.4 Å².